The van der Waals surface area contributed by atoms with Crippen LogP contribution in [0, 0.1) is 11.8 Å². The molecule has 1 heterocycles. The molecule has 7 nitrogen and oxygen atoms in total. The lowest BCUT2D eigenvalue weighted by atomic mass is 9.86. The first-order valence-electron chi connectivity index (χ1n) is 5.69. The molecule has 0 aromatic heterocycles. The predicted octanol–water partition coefficient (Wildman–Crippen LogP) is -0.544. The summed E-state index contributed by atoms with van der Waals surface area (Å²) in [6.45, 7) is 4.25. The third-order valence-corrected chi connectivity index (χ3v) is 3.53. The quantitative estimate of drug-likeness (QED) is 0.404. The normalized spacial score (nSPS) is 18.1. The number of hydrogen-bond acceptors (Lipinski definition) is 4. The second kappa shape index (κ2) is 8.52. The van der Waals surface area contributed by atoms with Crippen molar-refractivity contribution >= 4 is 29.3 Å². The van der Waals surface area contributed by atoms with Gasteiger partial charge in [-0.05, 0) is 37.8 Å². The molecule has 4 N–H and O–H groups in total. The number of rotatable bonds is 5. The molecule has 0 aliphatic carbocycles. The predicted molar refractivity (Wildman–Crippen MR) is 71.7 cm³/mol. The molecule has 1 aliphatic heterocycles. The molecular formula is C9H21ClN4O3S. The summed E-state index contributed by atoms with van der Waals surface area (Å²) in [4.78, 5) is 13.1. The Kier molecular flexibility index (Phi) is 8.25. The summed E-state index contributed by atoms with van der Waals surface area (Å²) in [5.74, 6) is 0.705. The van der Waals surface area contributed by atoms with E-state index in [1.807, 2.05) is 11.8 Å². The van der Waals surface area contributed by atoms with E-state index in [1.54, 1.807) is 0 Å². The number of nitrogens with two attached hydrogens (primary N) is 1. The number of urea groups is 1. The van der Waals surface area contributed by atoms with Crippen LogP contribution in [0.15, 0.2) is 0 Å². The largest absolute Gasteiger partial charge is 0.350 e. The smallest absolute Gasteiger partial charge is 0.329 e. The van der Waals surface area contributed by atoms with Gasteiger partial charge in [0, 0.05) is 6.54 Å². The highest BCUT2D eigenvalue weighted by molar-refractivity contribution is 7.70. The summed E-state index contributed by atoms with van der Waals surface area (Å²) in [6.07, 6.45) is 2.08. The molecule has 0 aromatic rings. The topological polar surface area (TPSA) is 105 Å². The van der Waals surface area contributed by atoms with Crippen molar-refractivity contribution in [1.29, 1.82) is 0 Å². The van der Waals surface area contributed by atoms with E-state index in [0.717, 1.165) is 30.9 Å². The number of hydrogen-bond donors (Lipinski definition) is 4. The maximum absolute atomic E-state index is 11.1. The number of carbonyl (C=O) groups excluding carboxylic acids is 1. The van der Waals surface area contributed by atoms with Crippen molar-refractivity contribution in [3.05, 3.63) is 0 Å². The molecule has 1 atom stereocenters. The van der Waals surface area contributed by atoms with Crippen LogP contribution in [0.5, 0.6) is 0 Å². The maximum Gasteiger partial charge on any atom is 0.329 e. The first kappa shape index (κ1) is 17.4. The monoisotopic (exact) mass is 300 g/mol. The minimum Gasteiger partial charge on any atom is -0.350 e. The second-order valence-corrected chi connectivity index (χ2v) is 5.08. The zero-order chi connectivity index (χ0) is 12.8. The first-order chi connectivity index (χ1) is 8.00. The Morgan fingerprint density at radius 2 is 2.06 bits per heavy atom. The van der Waals surface area contributed by atoms with Gasteiger partial charge in [0.15, 0.2) is 0 Å². The Balaban J connectivity index is 0.00000289. The molecule has 0 radical (unpaired) electrons. The van der Waals surface area contributed by atoms with Gasteiger partial charge >= 0.3 is 6.03 Å². The van der Waals surface area contributed by atoms with Crippen LogP contribution in [0.1, 0.15) is 19.8 Å². The van der Waals surface area contributed by atoms with Gasteiger partial charge in [-0.25, -0.2) is 18.2 Å². The minimum absolute atomic E-state index is 0. The molecule has 18 heavy (non-hydrogen) atoms. The van der Waals surface area contributed by atoms with Crippen LogP contribution < -0.4 is 15.9 Å². The summed E-state index contributed by atoms with van der Waals surface area (Å²) >= 11 is 0. The Bertz CT molecular complexity index is 326. The number of piperidine rings is 1. The number of primary amides is 1. The lowest BCUT2D eigenvalue weighted by molar-refractivity contribution is 0.165. The SMILES string of the molecule is CC(CN(N[SH](=O)=O)C(N)=O)C1CCNCC1.Cl. The molecule has 1 rings (SSSR count). The third kappa shape index (κ3) is 5.85. The van der Waals surface area contributed by atoms with E-state index in [4.69, 9.17) is 5.73 Å². The summed E-state index contributed by atoms with van der Waals surface area (Å²) < 4.78 is 21.1. The molecule has 0 bridgehead atoms. The van der Waals surface area contributed by atoms with Crippen LogP contribution in [0.25, 0.3) is 0 Å². The zero-order valence-corrected chi connectivity index (χ0v) is 12.0. The van der Waals surface area contributed by atoms with E-state index in [2.05, 4.69) is 5.32 Å². The Hall–Kier alpha value is -0.570. The van der Waals surface area contributed by atoms with Crippen molar-refractivity contribution in [2.45, 2.75) is 19.8 Å². The second-order valence-electron chi connectivity index (χ2n) is 4.37. The number of amides is 2. The van der Waals surface area contributed by atoms with E-state index in [-0.39, 0.29) is 18.3 Å². The lowest BCUT2D eigenvalue weighted by Crippen LogP contribution is -2.48. The van der Waals surface area contributed by atoms with Gasteiger partial charge in [0.2, 0.25) is 10.9 Å². The van der Waals surface area contributed by atoms with Gasteiger partial charge in [-0.2, -0.15) is 0 Å². The van der Waals surface area contributed by atoms with E-state index >= 15 is 0 Å². The lowest BCUT2D eigenvalue weighted by Gasteiger charge is -2.31. The van der Waals surface area contributed by atoms with Gasteiger partial charge in [-0.3, -0.25) is 0 Å². The van der Waals surface area contributed by atoms with Crippen molar-refractivity contribution in [1.82, 2.24) is 15.2 Å². The van der Waals surface area contributed by atoms with Crippen molar-refractivity contribution in [3.63, 3.8) is 0 Å². The molecule has 0 aromatic carbocycles. The average molecular weight is 301 g/mol. The van der Waals surface area contributed by atoms with Crippen molar-refractivity contribution < 1.29 is 13.2 Å². The van der Waals surface area contributed by atoms with Gasteiger partial charge in [-0.1, -0.05) is 6.92 Å². The number of halogens is 1. The molecule has 0 saturated carbocycles. The summed E-state index contributed by atoms with van der Waals surface area (Å²) in [6, 6.07) is -0.773. The Morgan fingerprint density at radius 3 is 2.50 bits per heavy atom. The van der Waals surface area contributed by atoms with Crippen LogP contribution in [0.2, 0.25) is 0 Å². The molecule has 1 unspecified atom stereocenters. The third-order valence-electron chi connectivity index (χ3n) is 3.13. The van der Waals surface area contributed by atoms with Crippen LogP contribution in [-0.4, -0.2) is 39.1 Å². The number of nitrogens with zero attached hydrogens (tertiary/aromatic N) is 1. The fourth-order valence-corrected chi connectivity index (χ4v) is 2.51. The fraction of sp³-hybridized carbons (Fsp3) is 0.889. The molecule has 1 fully saturated rings. The number of carbonyl (C=O) groups is 1. The van der Waals surface area contributed by atoms with Gasteiger partial charge in [-0.15, -0.1) is 17.2 Å². The van der Waals surface area contributed by atoms with Gasteiger partial charge in [0.05, 0.1) is 0 Å². The Labute approximate surface area is 115 Å². The van der Waals surface area contributed by atoms with Crippen LogP contribution in [0.3, 0.4) is 0 Å². The summed E-state index contributed by atoms with van der Waals surface area (Å²) in [5, 5.41) is 4.22. The van der Waals surface area contributed by atoms with E-state index in [0.29, 0.717) is 12.5 Å². The summed E-state index contributed by atoms with van der Waals surface area (Å²) in [5.41, 5.74) is 5.11. The standard InChI is InChI=1S/C9H20N4O3S.ClH/c1-7(8-2-4-11-5-3-8)6-13(9(10)14)12-17(15)16;/h7-8,11,17H,2-6H2,1H3,(H2,10,14)(H,12,15,16);1H. The van der Waals surface area contributed by atoms with Crippen LogP contribution >= 0.6 is 12.4 Å². The van der Waals surface area contributed by atoms with Crippen molar-refractivity contribution in [2.75, 3.05) is 19.6 Å². The number of thiol groups is 1. The van der Waals surface area contributed by atoms with Crippen LogP contribution in [-0.2, 0) is 10.9 Å². The maximum atomic E-state index is 11.1. The first-order valence-corrected chi connectivity index (χ1v) is 6.87. The van der Waals surface area contributed by atoms with Crippen molar-refractivity contribution in [2.24, 2.45) is 17.6 Å². The number of nitrogens with one attached hydrogen (secondary N) is 2. The Morgan fingerprint density at radius 1 is 1.50 bits per heavy atom. The van der Waals surface area contributed by atoms with Gasteiger partial charge < -0.3 is 11.1 Å². The molecular weight excluding hydrogens is 280 g/mol. The van der Waals surface area contributed by atoms with Crippen molar-refractivity contribution in [3.8, 4) is 0 Å². The van der Waals surface area contributed by atoms with Crippen LogP contribution in [0.4, 0.5) is 4.79 Å². The molecule has 1 aliphatic rings. The summed E-state index contributed by atoms with van der Waals surface area (Å²) in [7, 11) is -2.86. The van der Waals surface area contributed by atoms with E-state index < -0.39 is 16.9 Å². The van der Waals surface area contributed by atoms with Gasteiger partial charge in [0.1, 0.15) is 0 Å². The van der Waals surface area contributed by atoms with Gasteiger partial charge in [0.25, 0.3) is 0 Å². The zero-order valence-electron chi connectivity index (χ0n) is 10.3. The molecule has 2 amide bonds. The highest BCUT2D eigenvalue weighted by atomic mass is 35.5. The van der Waals surface area contributed by atoms with E-state index in [9.17, 15) is 13.2 Å². The average Bonchev–Trinajstić information content (AvgIpc) is 2.28. The fourth-order valence-electron chi connectivity index (χ4n) is 2.13. The highest BCUT2D eigenvalue weighted by Crippen LogP contribution is 2.22. The molecule has 9 heteroatoms. The minimum atomic E-state index is -2.86. The number of hydrazine groups is 1. The highest BCUT2D eigenvalue weighted by Gasteiger charge is 2.23. The molecule has 1 saturated heterocycles. The van der Waals surface area contributed by atoms with E-state index in [1.165, 1.54) is 0 Å². The molecule has 108 valence electrons. The molecule has 0 spiro atoms.